The van der Waals surface area contributed by atoms with Crippen molar-refractivity contribution in [3.63, 3.8) is 0 Å². The molecule has 0 atom stereocenters. The van der Waals surface area contributed by atoms with E-state index in [9.17, 15) is 18.0 Å². The van der Waals surface area contributed by atoms with Gasteiger partial charge in [0, 0.05) is 4.90 Å². The van der Waals surface area contributed by atoms with E-state index >= 15 is 0 Å². The fourth-order valence-electron chi connectivity index (χ4n) is 1.03. The lowest BCUT2D eigenvalue weighted by Gasteiger charge is -2.06. The maximum Gasteiger partial charge on any atom is 0.450 e. The van der Waals surface area contributed by atoms with Crippen molar-refractivity contribution in [3.05, 3.63) is 29.3 Å². The average molecular weight is 248 g/mol. The SMILES string of the molecule is Cc1ccc(SCC(=O)C(F)(F)F)cc1C. The molecule has 0 N–H and O–H groups in total. The van der Waals surface area contributed by atoms with Crippen LogP contribution in [0.15, 0.2) is 23.1 Å². The van der Waals surface area contributed by atoms with Gasteiger partial charge in [0.25, 0.3) is 0 Å². The van der Waals surface area contributed by atoms with Gasteiger partial charge in [-0.05, 0) is 37.1 Å². The fourth-order valence-corrected chi connectivity index (χ4v) is 1.92. The number of halogens is 3. The van der Waals surface area contributed by atoms with E-state index in [-0.39, 0.29) is 0 Å². The quantitative estimate of drug-likeness (QED) is 0.761. The predicted molar refractivity (Wildman–Crippen MR) is 57.7 cm³/mol. The van der Waals surface area contributed by atoms with E-state index < -0.39 is 17.7 Å². The number of Topliss-reactive ketones (excluding diaryl/α,β-unsaturated/α-hetero) is 1. The molecule has 88 valence electrons. The van der Waals surface area contributed by atoms with Crippen LogP contribution in [0.25, 0.3) is 0 Å². The number of thioether (sulfide) groups is 1. The van der Waals surface area contributed by atoms with Crippen molar-refractivity contribution < 1.29 is 18.0 Å². The zero-order valence-corrected chi connectivity index (χ0v) is 9.71. The van der Waals surface area contributed by atoms with E-state index in [0.29, 0.717) is 4.90 Å². The number of hydrogen-bond acceptors (Lipinski definition) is 2. The summed E-state index contributed by atoms with van der Waals surface area (Å²) in [6, 6.07) is 5.33. The van der Waals surface area contributed by atoms with Gasteiger partial charge in [0.2, 0.25) is 5.78 Å². The van der Waals surface area contributed by atoms with Gasteiger partial charge in [-0.3, -0.25) is 4.79 Å². The molecule has 1 aromatic rings. The maximum absolute atomic E-state index is 11.9. The highest BCUT2D eigenvalue weighted by molar-refractivity contribution is 8.00. The van der Waals surface area contributed by atoms with Crippen molar-refractivity contribution in [1.29, 1.82) is 0 Å². The molecule has 16 heavy (non-hydrogen) atoms. The van der Waals surface area contributed by atoms with Gasteiger partial charge in [-0.1, -0.05) is 6.07 Å². The monoisotopic (exact) mass is 248 g/mol. The normalized spacial score (nSPS) is 11.6. The molecule has 0 spiro atoms. The minimum absolute atomic E-state index is 0.563. The molecule has 0 bridgehead atoms. The molecule has 0 aliphatic rings. The minimum atomic E-state index is -4.73. The zero-order chi connectivity index (χ0) is 12.3. The molecule has 0 saturated heterocycles. The van der Waals surface area contributed by atoms with E-state index in [1.165, 1.54) is 0 Å². The van der Waals surface area contributed by atoms with Gasteiger partial charge in [-0.15, -0.1) is 11.8 Å². The Bertz CT molecular complexity index is 399. The van der Waals surface area contributed by atoms with Crippen LogP contribution in [0, 0.1) is 13.8 Å². The largest absolute Gasteiger partial charge is 0.450 e. The van der Waals surface area contributed by atoms with Gasteiger partial charge in [-0.2, -0.15) is 13.2 Å². The van der Waals surface area contributed by atoms with Crippen LogP contribution in [0.2, 0.25) is 0 Å². The van der Waals surface area contributed by atoms with Gasteiger partial charge in [-0.25, -0.2) is 0 Å². The number of alkyl halides is 3. The van der Waals surface area contributed by atoms with Crippen molar-refractivity contribution in [3.8, 4) is 0 Å². The highest BCUT2D eigenvalue weighted by Gasteiger charge is 2.37. The summed E-state index contributed by atoms with van der Waals surface area (Å²) in [5, 5.41) is 0. The van der Waals surface area contributed by atoms with Crippen molar-refractivity contribution in [1.82, 2.24) is 0 Å². The van der Waals surface area contributed by atoms with Crippen LogP contribution in [0.4, 0.5) is 13.2 Å². The third-order valence-electron chi connectivity index (χ3n) is 2.16. The van der Waals surface area contributed by atoms with E-state index in [0.717, 1.165) is 22.9 Å². The van der Waals surface area contributed by atoms with Gasteiger partial charge in [0.05, 0.1) is 5.75 Å². The van der Waals surface area contributed by atoms with Gasteiger partial charge in [0.1, 0.15) is 0 Å². The second-order valence-electron chi connectivity index (χ2n) is 3.46. The van der Waals surface area contributed by atoms with Crippen LogP contribution in [-0.2, 0) is 4.79 Å². The number of rotatable bonds is 3. The maximum atomic E-state index is 11.9. The number of benzene rings is 1. The molecular formula is C11H11F3OS. The molecular weight excluding hydrogens is 237 g/mol. The zero-order valence-electron chi connectivity index (χ0n) is 8.89. The first-order chi connectivity index (χ1) is 7.30. The topological polar surface area (TPSA) is 17.1 Å². The third kappa shape index (κ3) is 3.56. The van der Waals surface area contributed by atoms with Gasteiger partial charge >= 0.3 is 6.18 Å². The van der Waals surface area contributed by atoms with Crippen molar-refractivity contribution in [2.75, 3.05) is 5.75 Å². The Morgan fingerprint density at radius 1 is 1.25 bits per heavy atom. The fraction of sp³-hybridized carbons (Fsp3) is 0.364. The lowest BCUT2D eigenvalue weighted by Crippen LogP contribution is -2.24. The summed E-state index contributed by atoms with van der Waals surface area (Å²) in [5.41, 5.74) is 2.08. The molecule has 0 aromatic heterocycles. The highest BCUT2D eigenvalue weighted by atomic mass is 32.2. The van der Waals surface area contributed by atoms with Crippen LogP contribution in [0.3, 0.4) is 0 Å². The molecule has 1 nitrogen and oxygen atoms in total. The van der Waals surface area contributed by atoms with Crippen LogP contribution in [0.1, 0.15) is 11.1 Å². The minimum Gasteiger partial charge on any atom is -0.289 e. The molecule has 0 aliphatic carbocycles. The smallest absolute Gasteiger partial charge is 0.289 e. The molecule has 0 amide bonds. The molecule has 0 aliphatic heterocycles. The second-order valence-corrected chi connectivity index (χ2v) is 4.50. The summed E-state index contributed by atoms with van der Waals surface area (Å²) in [6.07, 6.45) is -4.73. The average Bonchev–Trinajstić information content (AvgIpc) is 2.18. The lowest BCUT2D eigenvalue weighted by atomic mass is 10.1. The standard InChI is InChI=1S/C11H11F3OS/c1-7-3-4-9(5-8(7)2)16-6-10(15)11(12,13)14/h3-5H,6H2,1-2H3. The van der Waals surface area contributed by atoms with E-state index in [1.54, 1.807) is 12.1 Å². The van der Waals surface area contributed by atoms with E-state index in [4.69, 9.17) is 0 Å². The molecule has 0 saturated carbocycles. The Kier molecular flexibility index (Phi) is 4.02. The molecule has 0 fully saturated rings. The number of ketones is 1. The molecule has 0 heterocycles. The summed E-state index contributed by atoms with van der Waals surface area (Å²) >= 11 is 0.909. The van der Waals surface area contributed by atoms with Crippen LogP contribution >= 0.6 is 11.8 Å². The molecule has 0 radical (unpaired) electrons. The summed E-state index contributed by atoms with van der Waals surface area (Å²) in [7, 11) is 0. The number of aryl methyl sites for hydroxylation is 2. The Hall–Kier alpha value is -0.970. The predicted octanol–water partition coefficient (Wildman–Crippen LogP) is 3.53. The highest BCUT2D eigenvalue weighted by Crippen LogP contribution is 2.25. The van der Waals surface area contributed by atoms with Gasteiger partial charge < -0.3 is 0 Å². The first-order valence-electron chi connectivity index (χ1n) is 4.61. The summed E-state index contributed by atoms with van der Waals surface area (Å²) in [6.45, 7) is 3.80. The third-order valence-corrected chi connectivity index (χ3v) is 3.16. The van der Waals surface area contributed by atoms with E-state index in [1.807, 2.05) is 19.9 Å². The Morgan fingerprint density at radius 3 is 2.38 bits per heavy atom. The number of hydrogen-bond donors (Lipinski definition) is 0. The Morgan fingerprint density at radius 2 is 1.88 bits per heavy atom. The Labute approximate surface area is 96.0 Å². The molecule has 1 rings (SSSR count). The Balaban J connectivity index is 2.62. The van der Waals surface area contributed by atoms with Crippen molar-refractivity contribution in [2.24, 2.45) is 0 Å². The van der Waals surface area contributed by atoms with Crippen LogP contribution in [-0.4, -0.2) is 17.7 Å². The summed E-state index contributed by atoms with van der Waals surface area (Å²) < 4.78 is 35.8. The lowest BCUT2D eigenvalue weighted by molar-refractivity contribution is -0.167. The first-order valence-corrected chi connectivity index (χ1v) is 5.59. The number of carbonyl (C=O) groups is 1. The number of carbonyl (C=O) groups excluding carboxylic acids is 1. The second kappa shape index (κ2) is 4.91. The first kappa shape index (κ1) is 13.1. The summed E-state index contributed by atoms with van der Waals surface area (Å²) in [5.74, 6) is -2.26. The van der Waals surface area contributed by atoms with Gasteiger partial charge in [0.15, 0.2) is 0 Å². The molecule has 0 unspecified atom stereocenters. The van der Waals surface area contributed by atoms with Crippen molar-refractivity contribution >= 4 is 17.5 Å². The van der Waals surface area contributed by atoms with Crippen LogP contribution < -0.4 is 0 Å². The van der Waals surface area contributed by atoms with Crippen LogP contribution in [0.5, 0.6) is 0 Å². The van der Waals surface area contributed by atoms with Crippen molar-refractivity contribution in [2.45, 2.75) is 24.9 Å². The molecule has 5 heteroatoms. The summed E-state index contributed by atoms with van der Waals surface area (Å²) in [4.78, 5) is 11.3. The molecule has 1 aromatic carbocycles. The van der Waals surface area contributed by atoms with E-state index in [2.05, 4.69) is 0 Å².